The molecule has 0 bridgehead atoms. The number of nitrogens with zero attached hydrogens (tertiary/aromatic N) is 5. The quantitative estimate of drug-likeness (QED) is 0.417. The molecule has 150 valence electrons. The third-order valence-electron chi connectivity index (χ3n) is 5.54. The normalized spacial score (nSPS) is 15.8. The van der Waals surface area contributed by atoms with Crippen LogP contribution in [-0.4, -0.2) is 30.2 Å². The number of aromatic nitrogens is 4. The number of nitrogens with one attached hydrogen (secondary N) is 1. The lowest BCUT2D eigenvalue weighted by Crippen LogP contribution is -2.25. The predicted octanol–water partition coefficient (Wildman–Crippen LogP) is 3.45. The summed E-state index contributed by atoms with van der Waals surface area (Å²) in [6.07, 6.45) is 0.198. The minimum atomic E-state index is -0.428. The van der Waals surface area contributed by atoms with Crippen molar-refractivity contribution in [2.45, 2.75) is 19.3 Å². The minimum absolute atomic E-state index is 0.000396. The van der Waals surface area contributed by atoms with Crippen molar-refractivity contribution in [2.75, 3.05) is 5.32 Å². The van der Waals surface area contributed by atoms with Crippen LogP contribution >= 0.6 is 0 Å². The first kappa shape index (κ1) is 18.0. The number of rotatable bonds is 3. The summed E-state index contributed by atoms with van der Waals surface area (Å²) in [5.41, 5.74) is 4.09. The molecular weight excluding hydrogens is 384 g/mol. The number of anilines is 1. The van der Waals surface area contributed by atoms with Crippen molar-refractivity contribution in [1.82, 2.24) is 19.3 Å². The van der Waals surface area contributed by atoms with Gasteiger partial charge in [0.2, 0.25) is 11.9 Å². The van der Waals surface area contributed by atoms with E-state index in [1.54, 1.807) is 10.7 Å². The predicted molar refractivity (Wildman–Crippen MR) is 111 cm³/mol. The second-order valence-electron chi connectivity index (χ2n) is 7.38. The number of para-hydroxylation sites is 2. The van der Waals surface area contributed by atoms with E-state index in [-0.39, 0.29) is 23.9 Å². The zero-order valence-corrected chi connectivity index (χ0v) is 16.4. The van der Waals surface area contributed by atoms with E-state index in [9.17, 15) is 14.9 Å². The molecule has 1 aliphatic rings. The van der Waals surface area contributed by atoms with Crippen molar-refractivity contribution in [3.63, 3.8) is 0 Å². The molecule has 0 radical (unpaired) electrons. The van der Waals surface area contributed by atoms with Crippen molar-refractivity contribution in [1.29, 1.82) is 0 Å². The van der Waals surface area contributed by atoms with E-state index < -0.39 is 4.92 Å². The maximum atomic E-state index is 12.6. The van der Waals surface area contributed by atoms with Gasteiger partial charge in [0.05, 0.1) is 21.7 Å². The highest BCUT2D eigenvalue weighted by Crippen LogP contribution is 2.41. The van der Waals surface area contributed by atoms with Gasteiger partial charge in [0.25, 0.3) is 5.69 Å². The molecule has 0 saturated carbocycles. The Hall–Kier alpha value is -4.01. The molecule has 1 atom stereocenters. The highest BCUT2D eigenvalue weighted by Gasteiger charge is 2.34. The molecule has 0 spiro atoms. The van der Waals surface area contributed by atoms with Crippen LogP contribution in [0.15, 0.2) is 48.5 Å². The monoisotopic (exact) mass is 402 g/mol. The second-order valence-corrected chi connectivity index (χ2v) is 7.38. The van der Waals surface area contributed by atoms with Gasteiger partial charge in [-0.2, -0.15) is 9.78 Å². The van der Waals surface area contributed by atoms with Gasteiger partial charge < -0.3 is 9.88 Å². The summed E-state index contributed by atoms with van der Waals surface area (Å²) < 4.78 is 3.57. The van der Waals surface area contributed by atoms with Crippen LogP contribution in [0.3, 0.4) is 0 Å². The lowest BCUT2D eigenvalue weighted by molar-refractivity contribution is -0.384. The van der Waals surface area contributed by atoms with E-state index in [0.717, 1.165) is 22.3 Å². The number of amides is 1. The van der Waals surface area contributed by atoms with Crippen LogP contribution in [0.25, 0.3) is 17.0 Å². The molecule has 2 aromatic carbocycles. The number of hydrogen-bond donors (Lipinski definition) is 1. The lowest BCUT2D eigenvalue weighted by Gasteiger charge is -2.24. The van der Waals surface area contributed by atoms with E-state index in [0.29, 0.717) is 17.3 Å². The smallest absolute Gasteiger partial charge is 0.269 e. The fourth-order valence-electron chi connectivity index (χ4n) is 4.15. The number of carbonyl (C=O) groups excluding carboxylic acids is 1. The van der Waals surface area contributed by atoms with E-state index in [1.165, 1.54) is 12.1 Å². The molecule has 1 aliphatic heterocycles. The molecule has 0 saturated heterocycles. The summed E-state index contributed by atoms with van der Waals surface area (Å²) in [5, 5.41) is 18.8. The van der Waals surface area contributed by atoms with Crippen LogP contribution in [0.4, 0.5) is 11.5 Å². The molecule has 4 aromatic rings. The molecule has 30 heavy (non-hydrogen) atoms. The Kier molecular flexibility index (Phi) is 3.92. The lowest BCUT2D eigenvalue weighted by atomic mass is 9.85. The SMILES string of the molecule is Cc1nn(-c2nc3ccccc3n2C)c2c1C(c1cccc([N+](=O)[O-])c1)CC(=O)N2. The third kappa shape index (κ3) is 2.66. The first-order valence-corrected chi connectivity index (χ1v) is 9.49. The first-order chi connectivity index (χ1) is 14.4. The van der Waals surface area contributed by atoms with Gasteiger partial charge in [-0.1, -0.05) is 24.3 Å². The van der Waals surface area contributed by atoms with Crippen molar-refractivity contribution >= 4 is 28.4 Å². The highest BCUT2D eigenvalue weighted by atomic mass is 16.6. The van der Waals surface area contributed by atoms with Gasteiger partial charge in [0.15, 0.2) is 0 Å². The Labute approximate surface area is 171 Å². The van der Waals surface area contributed by atoms with E-state index in [1.807, 2.05) is 48.9 Å². The summed E-state index contributed by atoms with van der Waals surface area (Å²) >= 11 is 0. The van der Waals surface area contributed by atoms with Crippen molar-refractivity contribution in [2.24, 2.45) is 7.05 Å². The molecule has 1 N–H and O–H groups in total. The van der Waals surface area contributed by atoms with E-state index in [2.05, 4.69) is 15.4 Å². The second kappa shape index (κ2) is 6.51. The zero-order chi connectivity index (χ0) is 21.0. The molecule has 9 nitrogen and oxygen atoms in total. The fraction of sp³-hybridized carbons (Fsp3) is 0.190. The van der Waals surface area contributed by atoms with Crippen LogP contribution in [0.2, 0.25) is 0 Å². The minimum Gasteiger partial charge on any atom is -0.311 e. The Balaban J connectivity index is 1.69. The highest BCUT2D eigenvalue weighted by molar-refractivity contribution is 5.95. The molecule has 5 rings (SSSR count). The summed E-state index contributed by atoms with van der Waals surface area (Å²) in [6, 6.07) is 14.2. The first-order valence-electron chi connectivity index (χ1n) is 9.49. The molecule has 2 aromatic heterocycles. The number of benzene rings is 2. The van der Waals surface area contributed by atoms with Crippen LogP contribution in [0.1, 0.15) is 29.2 Å². The largest absolute Gasteiger partial charge is 0.311 e. The third-order valence-corrected chi connectivity index (χ3v) is 5.54. The molecule has 0 fully saturated rings. The summed E-state index contributed by atoms with van der Waals surface area (Å²) in [4.78, 5) is 28.0. The average Bonchev–Trinajstić information content (AvgIpc) is 3.24. The molecule has 0 aliphatic carbocycles. The number of carbonyl (C=O) groups is 1. The van der Waals surface area contributed by atoms with Gasteiger partial charge in [0.1, 0.15) is 5.82 Å². The standard InChI is InChI=1S/C21H18N6O3/c1-12-19-15(13-6-5-7-14(10-13)27(29)30)11-18(28)23-20(19)26(24-12)21-22-16-8-3-4-9-17(16)25(21)2/h3-10,15H,11H2,1-2H3,(H,23,28). The molecule has 1 unspecified atom stereocenters. The average molecular weight is 402 g/mol. The number of non-ortho nitro benzene ring substituents is 1. The van der Waals surface area contributed by atoms with E-state index in [4.69, 9.17) is 0 Å². The van der Waals surface area contributed by atoms with E-state index >= 15 is 0 Å². The van der Waals surface area contributed by atoms with Gasteiger partial charge in [-0.25, -0.2) is 4.98 Å². The van der Waals surface area contributed by atoms with Crippen LogP contribution < -0.4 is 5.32 Å². The maximum Gasteiger partial charge on any atom is 0.269 e. The number of nitro benzene ring substituents is 1. The van der Waals surface area contributed by atoms with Crippen molar-refractivity contribution in [3.05, 3.63) is 75.5 Å². The molecule has 1 amide bonds. The number of aryl methyl sites for hydroxylation is 2. The van der Waals surface area contributed by atoms with Gasteiger partial charge in [-0.15, -0.1) is 0 Å². The summed E-state index contributed by atoms with van der Waals surface area (Å²) in [5.74, 6) is 0.648. The van der Waals surface area contributed by atoms with Gasteiger partial charge in [-0.05, 0) is 24.6 Å². The number of fused-ring (bicyclic) bond motifs is 2. The molecular formula is C21H18N6O3. The Morgan fingerprint density at radius 1 is 1.20 bits per heavy atom. The number of imidazole rings is 1. The van der Waals surface area contributed by atoms with Crippen molar-refractivity contribution < 1.29 is 9.72 Å². The molecule has 3 heterocycles. The van der Waals surface area contributed by atoms with Crippen LogP contribution in [-0.2, 0) is 11.8 Å². The fourth-order valence-corrected chi connectivity index (χ4v) is 4.15. The maximum absolute atomic E-state index is 12.6. The van der Waals surface area contributed by atoms with Gasteiger partial charge in [0, 0.05) is 37.1 Å². The summed E-state index contributed by atoms with van der Waals surface area (Å²) in [7, 11) is 1.90. The zero-order valence-electron chi connectivity index (χ0n) is 16.4. The van der Waals surface area contributed by atoms with Gasteiger partial charge >= 0.3 is 0 Å². The Morgan fingerprint density at radius 2 is 2.00 bits per heavy atom. The Bertz CT molecular complexity index is 1340. The van der Waals surface area contributed by atoms with Gasteiger partial charge in [-0.3, -0.25) is 14.9 Å². The number of nitro groups is 1. The topological polar surface area (TPSA) is 108 Å². The van der Waals surface area contributed by atoms with Crippen LogP contribution in [0, 0.1) is 17.0 Å². The summed E-state index contributed by atoms with van der Waals surface area (Å²) in [6.45, 7) is 1.87. The molecule has 9 heteroatoms. The Morgan fingerprint density at radius 3 is 2.77 bits per heavy atom. The van der Waals surface area contributed by atoms with Crippen LogP contribution in [0.5, 0.6) is 0 Å². The number of hydrogen-bond acceptors (Lipinski definition) is 5. The van der Waals surface area contributed by atoms with Crippen molar-refractivity contribution in [3.8, 4) is 5.95 Å².